The van der Waals surface area contributed by atoms with Crippen molar-refractivity contribution >= 4 is 5.82 Å². The quantitative estimate of drug-likeness (QED) is 0.826. The van der Waals surface area contributed by atoms with Crippen LogP contribution >= 0.6 is 0 Å². The second kappa shape index (κ2) is 4.57. The average molecular weight is 209 g/mol. The number of hydrogen-bond acceptors (Lipinski definition) is 4. The van der Waals surface area contributed by atoms with Crippen LogP contribution < -0.4 is 5.32 Å². The van der Waals surface area contributed by atoms with Gasteiger partial charge < -0.3 is 10.1 Å². The highest BCUT2D eigenvalue weighted by molar-refractivity contribution is 5.36. The summed E-state index contributed by atoms with van der Waals surface area (Å²) in [5.41, 5.74) is 0.858. The van der Waals surface area contributed by atoms with Crippen LogP contribution in [0.25, 0.3) is 0 Å². The first-order valence-electron chi connectivity index (χ1n) is 5.02. The molecule has 1 N–H and O–H groups in total. The second-order valence-corrected chi connectivity index (χ2v) is 4.50. The molecule has 4 nitrogen and oxygen atoms in total. The lowest BCUT2D eigenvalue weighted by Gasteiger charge is -2.18. The smallest absolute Gasteiger partial charge is 0.136 e. The van der Waals surface area contributed by atoms with Gasteiger partial charge in [0.25, 0.3) is 0 Å². The molecule has 0 unspecified atom stereocenters. The van der Waals surface area contributed by atoms with Gasteiger partial charge in [0.05, 0.1) is 12.3 Å². The molecule has 4 heteroatoms. The van der Waals surface area contributed by atoms with Gasteiger partial charge in [-0.25, -0.2) is 9.97 Å². The van der Waals surface area contributed by atoms with Crippen molar-refractivity contribution in [1.82, 2.24) is 9.97 Å². The number of ether oxygens (including phenoxy) is 1. The van der Waals surface area contributed by atoms with Gasteiger partial charge in [-0.2, -0.15) is 0 Å². The number of aromatic nitrogens is 2. The van der Waals surface area contributed by atoms with Crippen molar-refractivity contribution in [3.05, 3.63) is 17.6 Å². The van der Waals surface area contributed by atoms with Crippen LogP contribution in [0.2, 0.25) is 0 Å². The number of rotatable bonds is 3. The van der Waals surface area contributed by atoms with Gasteiger partial charge in [-0.05, 0) is 0 Å². The molecule has 0 saturated heterocycles. The van der Waals surface area contributed by atoms with E-state index in [1.54, 1.807) is 7.11 Å². The minimum absolute atomic E-state index is 0.0463. The lowest BCUT2D eigenvalue weighted by Crippen LogP contribution is -2.18. The predicted octanol–water partition coefficient (Wildman–Crippen LogP) is 1.96. The summed E-state index contributed by atoms with van der Waals surface area (Å²) in [4.78, 5) is 8.89. The summed E-state index contributed by atoms with van der Waals surface area (Å²) >= 11 is 0. The number of hydrogen-bond donors (Lipinski definition) is 1. The first kappa shape index (κ1) is 11.9. The van der Waals surface area contributed by atoms with Crippen LogP contribution in [0, 0.1) is 0 Å². The Kier molecular flexibility index (Phi) is 3.63. The number of nitrogens with one attached hydrogen (secondary N) is 1. The fourth-order valence-corrected chi connectivity index (χ4v) is 1.18. The van der Waals surface area contributed by atoms with Crippen LogP contribution in [0.5, 0.6) is 0 Å². The van der Waals surface area contributed by atoms with Crippen molar-refractivity contribution in [2.75, 3.05) is 19.5 Å². The molecule has 0 radical (unpaired) electrons. The summed E-state index contributed by atoms with van der Waals surface area (Å²) in [6, 6.07) is 1.90. The summed E-state index contributed by atoms with van der Waals surface area (Å²) in [6.45, 7) is 6.80. The van der Waals surface area contributed by atoms with Crippen molar-refractivity contribution in [2.24, 2.45) is 0 Å². The molecule has 0 atom stereocenters. The summed E-state index contributed by atoms with van der Waals surface area (Å²) in [6.07, 6.45) is 0. The monoisotopic (exact) mass is 209 g/mol. The van der Waals surface area contributed by atoms with E-state index in [1.807, 2.05) is 13.1 Å². The molecule has 0 amide bonds. The summed E-state index contributed by atoms with van der Waals surface area (Å²) in [7, 11) is 3.52. The van der Waals surface area contributed by atoms with E-state index in [0.29, 0.717) is 6.61 Å². The Balaban J connectivity index is 3.11. The van der Waals surface area contributed by atoms with Gasteiger partial charge in [0.1, 0.15) is 11.6 Å². The highest BCUT2D eigenvalue weighted by atomic mass is 16.5. The highest BCUT2D eigenvalue weighted by Gasteiger charge is 2.18. The Hall–Kier alpha value is -1.16. The third-order valence-corrected chi connectivity index (χ3v) is 2.00. The van der Waals surface area contributed by atoms with E-state index in [9.17, 15) is 0 Å². The van der Waals surface area contributed by atoms with E-state index in [1.165, 1.54) is 0 Å². The summed E-state index contributed by atoms with van der Waals surface area (Å²) in [5.74, 6) is 1.67. The summed E-state index contributed by atoms with van der Waals surface area (Å²) < 4.78 is 5.08. The van der Waals surface area contributed by atoms with Crippen molar-refractivity contribution < 1.29 is 4.74 Å². The van der Waals surface area contributed by atoms with Crippen molar-refractivity contribution in [3.8, 4) is 0 Å². The van der Waals surface area contributed by atoms with Crippen LogP contribution in [0.4, 0.5) is 5.82 Å². The number of nitrogens with zero attached hydrogens (tertiary/aromatic N) is 2. The zero-order valence-corrected chi connectivity index (χ0v) is 10.1. The first-order valence-corrected chi connectivity index (χ1v) is 5.02. The van der Waals surface area contributed by atoms with E-state index >= 15 is 0 Å². The maximum Gasteiger partial charge on any atom is 0.136 e. The van der Waals surface area contributed by atoms with Crippen LogP contribution in [0.15, 0.2) is 6.07 Å². The Bertz CT molecular complexity index is 331. The largest absolute Gasteiger partial charge is 0.378 e. The molecule has 0 aliphatic heterocycles. The molecule has 0 spiro atoms. The SMILES string of the molecule is CNc1cc(COC)nc(C(C)(C)C)n1. The maximum atomic E-state index is 5.08. The van der Waals surface area contributed by atoms with Crippen molar-refractivity contribution in [3.63, 3.8) is 0 Å². The van der Waals surface area contributed by atoms with Crippen LogP contribution in [0.1, 0.15) is 32.3 Å². The normalized spacial score (nSPS) is 11.5. The Morgan fingerprint density at radius 3 is 2.47 bits per heavy atom. The molecule has 0 aliphatic carbocycles. The summed E-state index contributed by atoms with van der Waals surface area (Å²) in [5, 5.41) is 3.03. The number of methoxy groups -OCH3 is 1. The fraction of sp³-hybridized carbons (Fsp3) is 0.636. The minimum Gasteiger partial charge on any atom is -0.378 e. The van der Waals surface area contributed by atoms with Gasteiger partial charge in [-0.15, -0.1) is 0 Å². The van der Waals surface area contributed by atoms with Gasteiger partial charge >= 0.3 is 0 Å². The molecule has 0 aromatic carbocycles. The van der Waals surface area contributed by atoms with Crippen molar-refractivity contribution in [1.29, 1.82) is 0 Å². The van der Waals surface area contributed by atoms with Gasteiger partial charge in [-0.1, -0.05) is 20.8 Å². The molecule has 0 bridgehead atoms. The van der Waals surface area contributed by atoms with E-state index in [4.69, 9.17) is 4.74 Å². The lowest BCUT2D eigenvalue weighted by atomic mass is 9.95. The predicted molar refractivity (Wildman–Crippen MR) is 61.0 cm³/mol. The van der Waals surface area contributed by atoms with Gasteiger partial charge in [0, 0.05) is 25.6 Å². The van der Waals surface area contributed by atoms with E-state index in [0.717, 1.165) is 17.3 Å². The third kappa shape index (κ3) is 3.16. The molecule has 1 rings (SSSR count). The lowest BCUT2D eigenvalue weighted by molar-refractivity contribution is 0.181. The maximum absolute atomic E-state index is 5.08. The highest BCUT2D eigenvalue weighted by Crippen LogP contribution is 2.20. The Morgan fingerprint density at radius 2 is 2.00 bits per heavy atom. The van der Waals surface area contributed by atoms with Crippen LogP contribution in [-0.4, -0.2) is 24.1 Å². The molecule has 15 heavy (non-hydrogen) atoms. The fourth-order valence-electron chi connectivity index (χ4n) is 1.18. The Morgan fingerprint density at radius 1 is 1.33 bits per heavy atom. The standard InChI is InChI=1S/C11H19N3O/c1-11(2,3)10-13-8(7-15-5)6-9(12-4)14-10/h6H,7H2,1-5H3,(H,12,13,14). The second-order valence-electron chi connectivity index (χ2n) is 4.50. The molecule has 0 fully saturated rings. The first-order chi connectivity index (χ1) is 6.97. The molecular weight excluding hydrogens is 190 g/mol. The molecule has 0 saturated carbocycles. The third-order valence-electron chi connectivity index (χ3n) is 2.00. The molecule has 1 aromatic rings. The Labute approximate surface area is 91.1 Å². The molecule has 1 heterocycles. The van der Waals surface area contributed by atoms with Crippen molar-refractivity contribution in [2.45, 2.75) is 32.8 Å². The molecule has 84 valence electrons. The van der Waals surface area contributed by atoms with E-state index < -0.39 is 0 Å². The minimum atomic E-state index is -0.0463. The van der Waals surface area contributed by atoms with Gasteiger partial charge in [-0.3, -0.25) is 0 Å². The van der Waals surface area contributed by atoms with Gasteiger partial charge in [0.15, 0.2) is 0 Å². The van der Waals surface area contributed by atoms with E-state index in [2.05, 4.69) is 36.1 Å². The zero-order chi connectivity index (χ0) is 11.5. The van der Waals surface area contributed by atoms with Crippen LogP contribution in [-0.2, 0) is 16.8 Å². The van der Waals surface area contributed by atoms with Gasteiger partial charge in [0.2, 0.25) is 0 Å². The molecule has 1 aromatic heterocycles. The van der Waals surface area contributed by atoms with Crippen LogP contribution in [0.3, 0.4) is 0 Å². The zero-order valence-electron chi connectivity index (χ0n) is 10.1. The van der Waals surface area contributed by atoms with E-state index in [-0.39, 0.29) is 5.41 Å². The topological polar surface area (TPSA) is 47.0 Å². The molecular formula is C11H19N3O. The molecule has 0 aliphatic rings. The average Bonchev–Trinajstić information content (AvgIpc) is 2.16. The number of anilines is 1.